The Morgan fingerprint density at radius 2 is 2.07 bits per heavy atom. The molecule has 15 heavy (non-hydrogen) atoms. The summed E-state index contributed by atoms with van der Waals surface area (Å²) in [7, 11) is 0. The minimum atomic E-state index is 0. The van der Waals surface area contributed by atoms with Crippen LogP contribution in [0.25, 0.3) is 0 Å². The number of aromatic nitrogens is 1. The van der Waals surface area contributed by atoms with Crippen molar-refractivity contribution in [3.05, 3.63) is 30.1 Å². The Hall–Kier alpha value is -0.600. The second-order valence-electron chi connectivity index (χ2n) is 4.10. The van der Waals surface area contributed by atoms with Gasteiger partial charge in [-0.2, -0.15) is 0 Å². The molecule has 1 aliphatic rings. The molecule has 2 nitrogen and oxygen atoms in total. The van der Waals surface area contributed by atoms with Crippen molar-refractivity contribution in [2.75, 3.05) is 13.1 Å². The van der Waals surface area contributed by atoms with Crippen molar-refractivity contribution >= 4 is 12.4 Å². The average molecular weight is 227 g/mol. The number of piperidine rings is 1. The normalized spacial score (nSPS) is 19.3. The summed E-state index contributed by atoms with van der Waals surface area (Å²) in [5.41, 5.74) is 1.62. The minimum Gasteiger partial charge on any atom is -0.317 e. The van der Waals surface area contributed by atoms with Crippen LogP contribution in [0.3, 0.4) is 0 Å². The predicted octanol–water partition coefficient (Wildman–Crippen LogP) is 2.53. The molecule has 0 spiro atoms. The van der Waals surface area contributed by atoms with Gasteiger partial charge in [0.15, 0.2) is 0 Å². The summed E-state index contributed by atoms with van der Waals surface area (Å²) in [5.74, 6) is 0. The van der Waals surface area contributed by atoms with E-state index in [9.17, 15) is 0 Å². The van der Waals surface area contributed by atoms with E-state index in [0.29, 0.717) is 5.41 Å². The first kappa shape index (κ1) is 12.5. The van der Waals surface area contributed by atoms with Crippen molar-refractivity contribution in [3.63, 3.8) is 0 Å². The second-order valence-corrected chi connectivity index (χ2v) is 4.10. The van der Waals surface area contributed by atoms with Gasteiger partial charge in [0.25, 0.3) is 0 Å². The van der Waals surface area contributed by atoms with Crippen LogP contribution in [-0.2, 0) is 5.41 Å². The fourth-order valence-electron chi connectivity index (χ4n) is 2.37. The summed E-state index contributed by atoms with van der Waals surface area (Å²) in [6.07, 6.45) is 5.56. The van der Waals surface area contributed by atoms with Crippen molar-refractivity contribution < 1.29 is 0 Å². The third kappa shape index (κ3) is 2.50. The van der Waals surface area contributed by atoms with E-state index in [0.717, 1.165) is 13.1 Å². The molecule has 84 valence electrons. The molecular weight excluding hydrogens is 208 g/mol. The lowest BCUT2D eigenvalue weighted by Crippen LogP contribution is -2.39. The predicted molar refractivity (Wildman–Crippen MR) is 65.6 cm³/mol. The first-order valence-electron chi connectivity index (χ1n) is 5.50. The highest BCUT2D eigenvalue weighted by molar-refractivity contribution is 5.85. The van der Waals surface area contributed by atoms with Crippen LogP contribution < -0.4 is 5.32 Å². The molecular formula is C12H19ClN2. The summed E-state index contributed by atoms with van der Waals surface area (Å²) in [5, 5.41) is 3.42. The van der Waals surface area contributed by atoms with Crippen LogP contribution in [0.1, 0.15) is 31.9 Å². The molecule has 0 aliphatic carbocycles. The molecule has 0 atom stereocenters. The van der Waals surface area contributed by atoms with Crippen LogP contribution in [0.2, 0.25) is 0 Å². The number of nitrogens with one attached hydrogen (secondary N) is 1. The molecule has 0 radical (unpaired) electrons. The van der Waals surface area contributed by atoms with Gasteiger partial charge in [0, 0.05) is 17.3 Å². The summed E-state index contributed by atoms with van der Waals surface area (Å²) in [6.45, 7) is 4.54. The highest BCUT2D eigenvalue weighted by atomic mass is 35.5. The van der Waals surface area contributed by atoms with E-state index in [4.69, 9.17) is 0 Å². The van der Waals surface area contributed by atoms with Gasteiger partial charge in [0.05, 0.1) is 0 Å². The second kappa shape index (κ2) is 5.47. The maximum absolute atomic E-state index is 4.52. The number of hydrogen-bond acceptors (Lipinski definition) is 2. The summed E-state index contributed by atoms with van der Waals surface area (Å²) in [4.78, 5) is 4.52. The number of nitrogens with zero attached hydrogens (tertiary/aromatic N) is 1. The Bertz CT molecular complexity index is 281. The van der Waals surface area contributed by atoms with E-state index in [1.807, 2.05) is 12.3 Å². The molecule has 0 bridgehead atoms. The molecule has 1 aromatic rings. The lowest BCUT2D eigenvalue weighted by molar-refractivity contribution is 0.290. The molecule has 0 unspecified atom stereocenters. The van der Waals surface area contributed by atoms with Gasteiger partial charge in [0.2, 0.25) is 0 Å². The van der Waals surface area contributed by atoms with Crippen LogP contribution in [0.5, 0.6) is 0 Å². The number of halogens is 1. The lowest BCUT2D eigenvalue weighted by Gasteiger charge is -2.36. The molecule has 2 rings (SSSR count). The summed E-state index contributed by atoms with van der Waals surface area (Å²) in [6, 6.07) is 6.27. The monoisotopic (exact) mass is 226 g/mol. The van der Waals surface area contributed by atoms with E-state index in [-0.39, 0.29) is 12.4 Å². The Balaban J connectivity index is 0.00000112. The van der Waals surface area contributed by atoms with Gasteiger partial charge in [-0.25, -0.2) is 0 Å². The molecule has 1 fully saturated rings. The van der Waals surface area contributed by atoms with E-state index >= 15 is 0 Å². The molecule has 2 heterocycles. The van der Waals surface area contributed by atoms with Crippen molar-refractivity contribution in [1.29, 1.82) is 0 Å². The summed E-state index contributed by atoms with van der Waals surface area (Å²) < 4.78 is 0. The fourth-order valence-corrected chi connectivity index (χ4v) is 2.37. The maximum Gasteiger partial charge on any atom is 0.0466 e. The average Bonchev–Trinajstić information content (AvgIpc) is 2.31. The van der Waals surface area contributed by atoms with Crippen molar-refractivity contribution in [2.24, 2.45) is 0 Å². The van der Waals surface area contributed by atoms with Crippen LogP contribution in [0.15, 0.2) is 24.4 Å². The van der Waals surface area contributed by atoms with Gasteiger partial charge >= 0.3 is 0 Å². The van der Waals surface area contributed by atoms with Gasteiger partial charge in [-0.3, -0.25) is 4.98 Å². The zero-order valence-electron chi connectivity index (χ0n) is 9.20. The van der Waals surface area contributed by atoms with Gasteiger partial charge in [-0.15, -0.1) is 12.4 Å². The minimum absolute atomic E-state index is 0. The first-order valence-corrected chi connectivity index (χ1v) is 5.50. The molecule has 1 aliphatic heterocycles. The van der Waals surface area contributed by atoms with Gasteiger partial charge in [-0.1, -0.05) is 13.0 Å². The van der Waals surface area contributed by atoms with Crippen LogP contribution >= 0.6 is 12.4 Å². The van der Waals surface area contributed by atoms with E-state index < -0.39 is 0 Å². The van der Waals surface area contributed by atoms with Crippen molar-refractivity contribution in [1.82, 2.24) is 10.3 Å². The molecule has 1 N–H and O–H groups in total. The van der Waals surface area contributed by atoms with Crippen LogP contribution in [0.4, 0.5) is 0 Å². The molecule has 0 aromatic carbocycles. The largest absolute Gasteiger partial charge is 0.317 e. The molecule has 1 saturated heterocycles. The standard InChI is InChI=1S/C12H18N2.ClH/c1-2-12(6-9-13-10-7-12)11-5-3-4-8-14-11;/h3-5,8,13H,2,6-7,9-10H2,1H3;1H. The Morgan fingerprint density at radius 1 is 1.33 bits per heavy atom. The SMILES string of the molecule is CCC1(c2ccccn2)CCNCC1.Cl. The Kier molecular flexibility index (Phi) is 4.55. The third-order valence-electron chi connectivity index (χ3n) is 3.45. The molecule has 1 aromatic heterocycles. The van der Waals surface area contributed by atoms with Gasteiger partial charge < -0.3 is 5.32 Å². The molecule has 0 saturated carbocycles. The van der Waals surface area contributed by atoms with E-state index in [1.54, 1.807) is 0 Å². The molecule has 0 amide bonds. The van der Waals surface area contributed by atoms with Gasteiger partial charge in [0.1, 0.15) is 0 Å². The van der Waals surface area contributed by atoms with E-state index in [2.05, 4.69) is 29.4 Å². The van der Waals surface area contributed by atoms with Crippen LogP contribution in [-0.4, -0.2) is 18.1 Å². The summed E-state index contributed by atoms with van der Waals surface area (Å²) >= 11 is 0. The number of pyridine rings is 1. The van der Waals surface area contributed by atoms with E-state index in [1.165, 1.54) is 25.0 Å². The third-order valence-corrected chi connectivity index (χ3v) is 3.45. The smallest absolute Gasteiger partial charge is 0.0466 e. The fraction of sp³-hybridized carbons (Fsp3) is 0.583. The first-order chi connectivity index (χ1) is 6.87. The lowest BCUT2D eigenvalue weighted by atomic mass is 9.74. The zero-order chi connectivity index (χ0) is 9.86. The maximum atomic E-state index is 4.52. The highest BCUT2D eigenvalue weighted by Crippen LogP contribution is 2.34. The van der Waals surface area contributed by atoms with Crippen LogP contribution in [0, 0.1) is 0 Å². The number of hydrogen-bond donors (Lipinski definition) is 1. The number of rotatable bonds is 2. The zero-order valence-corrected chi connectivity index (χ0v) is 10.0. The van der Waals surface area contributed by atoms with Crippen molar-refractivity contribution in [2.45, 2.75) is 31.6 Å². The van der Waals surface area contributed by atoms with Gasteiger partial charge in [-0.05, 0) is 44.5 Å². The van der Waals surface area contributed by atoms with Crippen molar-refractivity contribution in [3.8, 4) is 0 Å². The Morgan fingerprint density at radius 3 is 2.60 bits per heavy atom. The Labute approximate surface area is 97.9 Å². The molecule has 3 heteroatoms. The topological polar surface area (TPSA) is 24.9 Å². The highest BCUT2D eigenvalue weighted by Gasteiger charge is 2.32. The quantitative estimate of drug-likeness (QED) is 0.839.